The number of ether oxygens (including phenoxy) is 3. The van der Waals surface area contributed by atoms with Gasteiger partial charge in [-0.3, -0.25) is 4.79 Å². The van der Waals surface area contributed by atoms with E-state index in [1.54, 1.807) is 0 Å². The Balaban J connectivity index is 2.10. The SMILES string of the molecule is COc1cc(C(=O)O[C@@H](C)C(=O)Nc2ccc(C)cc2C)cc(Cl)c1OC. The van der Waals surface area contributed by atoms with Crippen LogP contribution in [-0.4, -0.2) is 32.2 Å². The summed E-state index contributed by atoms with van der Waals surface area (Å²) in [5.74, 6) is -0.510. The minimum atomic E-state index is -0.995. The number of benzene rings is 2. The van der Waals surface area contributed by atoms with Crippen molar-refractivity contribution in [2.45, 2.75) is 26.9 Å². The smallest absolute Gasteiger partial charge is 0.339 e. The predicted molar refractivity (Wildman–Crippen MR) is 104 cm³/mol. The van der Waals surface area contributed by atoms with E-state index in [4.69, 9.17) is 25.8 Å². The van der Waals surface area contributed by atoms with E-state index in [0.717, 1.165) is 11.1 Å². The number of carbonyl (C=O) groups is 2. The van der Waals surface area contributed by atoms with E-state index < -0.39 is 18.0 Å². The summed E-state index contributed by atoms with van der Waals surface area (Å²) in [4.78, 5) is 24.7. The predicted octanol–water partition coefficient (Wildman–Crippen LogP) is 4.16. The lowest BCUT2D eigenvalue weighted by molar-refractivity contribution is -0.123. The number of hydrogen-bond acceptors (Lipinski definition) is 5. The van der Waals surface area contributed by atoms with Crippen molar-refractivity contribution in [1.82, 2.24) is 0 Å². The number of anilines is 1. The Bertz CT molecular complexity index is 866. The van der Waals surface area contributed by atoms with Gasteiger partial charge in [-0.15, -0.1) is 0 Å². The van der Waals surface area contributed by atoms with Crippen molar-refractivity contribution in [3.05, 3.63) is 52.0 Å². The van der Waals surface area contributed by atoms with Gasteiger partial charge in [-0.1, -0.05) is 29.3 Å². The van der Waals surface area contributed by atoms with Gasteiger partial charge in [0.15, 0.2) is 17.6 Å². The van der Waals surface area contributed by atoms with Gasteiger partial charge in [-0.05, 0) is 44.5 Å². The molecule has 1 amide bonds. The summed E-state index contributed by atoms with van der Waals surface area (Å²) in [5, 5.41) is 2.96. The van der Waals surface area contributed by atoms with Crippen LogP contribution in [0.1, 0.15) is 28.4 Å². The fourth-order valence-corrected chi connectivity index (χ4v) is 2.79. The molecule has 1 atom stereocenters. The molecule has 0 aliphatic carbocycles. The number of carbonyl (C=O) groups excluding carboxylic acids is 2. The minimum Gasteiger partial charge on any atom is -0.493 e. The number of rotatable bonds is 6. The summed E-state index contributed by atoms with van der Waals surface area (Å²) in [5.41, 5.74) is 2.84. The summed E-state index contributed by atoms with van der Waals surface area (Å²) < 4.78 is 15.6. The summed E-state index contributed by atoms with van der Waals surface area (Å²) in [7, 11) is 2.88. The van der Waals surface area contributed by atoms with E-state index in [0.29, 0.717) is 17.2 Å². The molecule has 0 saturated heterocycles. The van der Waals surface area contributed by atoms with Gasteiger partial charge >= 0.3 is 5.97 Å². The molecule has 0 fully saturated rings. The van der Waals surface area contributed by atoms with Crippen LogP contribution in [0.3, 0.4) is 0 Å². The Morgan fingerprint density at radius 3 is 2.37 bits per heavy atom. The molecule has 2 aromatic rings. The normalized spacial score (nSPS) is 11.5. The molecular weight excluding hydrogens is 370 g/mol. The van der Waals surface area contributed by atoms with Crippen LogP contribution in [0.2, 0.25) is 5.02 Å². The lowest BCUT2D eigenvalue weighted by Crippen LogP contribution is -2.30. The second-order valence-electron chi connectivity index (χ2n) is 6.05. The van der Waals surface area contributed by atoms with Crippen LogP contribution in [0, 0.1) is 13.8 Å². The fraction of sp³-hybridized carbons (Fsp3) is 0.300. The highest BCUT2D eigenvalue weighted by atomic mass is 35.5. The van der Waals surface area contributed by atoms with Crippen molar-refractivity contribution >= 4 is 29.2 Å². The van der Waals surface area contributed by atoms with Crippen molar-refractivity contribution in [2.24, 2.45) is 0 Å². The highest BCUT2D eigenvalue weighted by molar-refractivity contribution is 6.32. The second-order valence-corrected chi connectivity index (χ2v) is 6.46. The molecule has 144 valence electrons. The van der Waals surface area contributed by atoms with E-state index in [-0.39, 0.29) is 10.6 Å². The number of hydrogen-bond donors (Lipinski definition) is 1. The Kier molecular flexibility index (Phi) is 6.69. The van der Waals surface area contributed by atoms with Gasteiger partial charge in [-0.2, -0.15) is 0 Å². The van der Waals surface area contributed by atoms with Crippen LogP contribution in [0.5, 0.6) is 11.5 Å². The Labute approximate surface area is 163 Å². The maximum atomic E-state index is 12.4. The number of methoxy groups -OCH3 is 2. The molecule has 0 unspecified atom stereocenters. The van der Waals surface area contributed by atoms with Crippen LogP contribution in [0.4, 0.5) is 5.69 Å². The molecule has 2 rings (SSSR count). The molecule has 0 radical (unpaired) electrons. The molecule has 0 aromatic heterocycles. The standard InChI is InChI=1S/C20H22ClNO5/c1-11-6-7-16(12(2)8-11)22-19(23)13(3)27-20(24)14-9-15(21)18(26-5)17(10-14)25-4/h6-10,13H,1-5H3,(H,22,23)/t13-/m0/s1. The van der Waals surface area contributed by atoms with Crippen molar-refractivity contribution in [2.75, 3.05) is 19.5 Å². The highest BCUT2D eigenvalue weighted by Gasteiger charge is 2.22. The van der Waals surface area contributed by atoms with E-state index >= 15 is 0 Å². The molecule has 6 nitrogen and oxygen atoms in total. The van der Waals surface area contributed by atoms with Crippen molar-refractivity contribution < 1.29 is 23.8 Å². The third-order valence-corrected chi connectivity index (χ3v) is 4.24. The minimum absolute atomic E-state index is 0.156. The highest BCUT2D eigenvalue weighted by Crippen LogP contribution is 2.36. The van der Waals surface area contributed by atoms with Crippen molar-refractivity contribution in [3.63, 3.8) is 0 Å². The number of halogens is 1. The monoisotopic (exact) mass is 391 g/mol. The first-order chi connectivity index (χ1) is 12.8. The zero-order valence-corrected chi connectivity index (χ0v) is 16.6. The molecule has 27 heavy (non-hydrogen) atoms. The third-order valence-electron chi connectivity index (χ3n) is 3.96. The molecule has 1 N–H and O–H groups in total. The van der Waals surface area contributed by atoms with Crippen molar-refractivity contribution in [1.29, 1.82) is 0 Å². The molecule has 0 saturated carbocycles. The maximum absolute atomic E-state index is 12.4. The van der Waals surface area contributed by atoms with Gasteiger partial charge in [0.2, 0.25) is 0 Å². The molecule has 7 heteroatoms. The first kappa shape index (κ1) is 20.6. The van der Waals surface area contributed by atoms with Crippen LogP contribution in [0.25, 0.3) is 0 Å². The van der Waals surface area contributed by atoms with E-state index in [1.165, 1.54) is 33.3 Å². The molecule has 0 aliphatic rings. The number of amides is 1. The molecule has 0 aliphatic heterocycles. The number of aryl methyl sites for hydroxylation is 2. The molecule has 0 spiro atoms. The number of nitrogens with one attached hydrogen (secondary N) is 1. The van der Waals surface area contributed by atoms with Crippen molar-refractivity contribution in [3.8, 4) is 11.5 Å². The lowest BCUT2D eigenvalue weighted by Gasteiger charge is -2.16. The second kappa shape index (κ2) is 8.77. The maximum Gasteiger partial charge on any atom is 0.339 e. The quantitative estimate of drug-likeness (QED) is 0.748. The summed E-state index contributed by atoms with van der Waals surface area (Å²) >= 11 is 6.10. The van der Waals surface area contributed by atoms with Gasteiger partial charge in [0.1, 0.15) is 0 Å². The molecule has 0 bridgehead atoms. The van der Waals surface area contributed by atoms with E-state index in [2.05, 4.69) is 5.32 Å². The first-order valence-corrected chi connectivity index (χ1v) is 8.65. The van der Waals surface area contributed by atoms with Crippen LogP contribution in [0.15, 0.2) is 30.3 Å². The van der Waals surface area contributed by atoms with E-state index in [9.17, 15) is 9.59 Å². The number of esters is 1. The van der Waals surface area contributed by atoms with Gasteiger partial charge in [0, 0.05) is 5.69 Å². The zero-order chi connectivity index (χ0) is 20.1. The van der Waals surface area contributed by atoms with Crippen LogP contribution >= 0.6 is 11.6 Å². The van der Waals surface area contributed by atoms with Gasteiger partial charge in [0.05, 0.1) is 24.8 Å². The van der Waals surface area contributed by atoms with Gasteiger partial charge in [0.25, 0.3) is 5.91 Å². The topological polar surface area (TPSA) is 73.9 Å². The summed E-state index contributed by atoms with van der Waals surface area (Å²) in [6, 6.07) is 8.51. The zero-order valence-electron chi connectivity index (χ0n) is 15.9. The first-order valence-electron chi connectivity index (χ1n) is 8.27. The fourth-order valence-electron chi connectivity index (χ4n) is 2.51. The molecule has 2 aromatic carbocycles. The van der Waals surface area contributed by atoms with Gasteiger partial charge < -0.3 is 19.5 Å². The largest absolute Gasteiger partial charge is 0.493 e. The summed E-state index contributed by atoms with van der Waals surface area (Å²) in [6.07, 6.45) is -0.995. The lowest BCUT2D eigenvalue weighted by atomic mass is 10.1. The average molecular weight is 392 g/mol. The van der Waals surface area contributed by atoms with E-state index in [1.807, 2.05) is 32.0 Å². The Morgan fingerprint density at radius 2 is 1.78 bits per heavy atom. The third kappa shape index (κ3) is 4.92. The molecule has 0 heterocycles. The van der Waals surface area contributed by atoms with Crippen LogP contribution in [-0.2, 0) is 9.53 Å². The van der Waals surface area contributed by atoms with Crippen LogP contribution < -0.4 is 14.8 Å². The Morgan fingerprint density at radius 1 is 1.07 bits per heavy atom. The molecular formula is C20H22ClNO5. The summed E-state index contributed by atoms with van der Waals surface area (Å²) in [6.45, 7) is 5.36. The average Bonchev–Trinajstić information content (AvgIpc) is 2.62. The Hall–Kier alpha value is -2.73. The van der Waals surface area contributed by atoms with Gasteiger partial charge in [-0.25, -0.2) is 4.79 Å².